The van der Waals surface area contributed by atoms with Crippen molar-refractivity contribution in [3.63, 3.8) is 0 Å². The van der Waals surface area contributed by atoms with Crippen molar-refractivity contribution in [1.29, 1.82) is 0 Å². The first-order chi connectivity index (χ1) is 16.6. The van der Waals surface area contributed by atoms with Gasteiger partial charge in [0.2, 0.25) is 0 Å². The molecule has 5 nitrogen and oxygen atoms in total. The van der Waals surface area contributed by atoms with Gasteiger partial charge in [0.05, 0.1) is 12.1 Å². The first kappa shape index (κ1) is 23.1. The third-order valence-electron chi connectivity index (χ3n) is 4.96. The Bertz CT molecular complexity index is 1260. The average molecular weight is 472 g/mol. The van der Waals surface area contributed by atoms with E-state index in [0.717, 1.165) is 16.7 Å². The third-order valence-corrected chi connectivity index (χ3v) is 5.20. The van der Waals surface area contributed by atoms with E-state index in [-0.39, 0.29) is 6.42 Å². The summed E-state index contributed by atoms with van der Waals surface area (Å²) in [4.78, 5) is 24.6. The van der Waals surface area contributed by atoms with Gasteiger partial charge in [-0.05, 0) is 47.0 Å². The topological polar surface area (TPSA) is 64.6 Å². The second-order valence-corrected chi connectivity index (χ2v) is 7.94. The molecule has 4 aromatic rings. The fourth-order valence-electron chi connectivity index (χ4n) is 3.30. The second-order valence-electron chi connectivity index (χ2n) is 7.50. The van der Waals surface area contributed by atoms with Gasteiger partial charge in [0, 0.05) is 5.02 Å². The highest BCUT2D eigenvalue weighted by Gasteiger charge is 2.13. The minimum absolute atomic E-state index is 0.0713. The van der Waals surface area contributed by atoms with Crippen LogP contribution in [-0.4, -0.2) is 18.5 Å². The Morgan fingerprint density at radius 3 is 2.12 bits per heavy atom. The van der Waals surface area contributed by atoms with Crippen molar-refractivity contribution >= 4 is 29.2 Å². The van der Waals surface area contributed by atoms with E-state index in [0.29, 0.717) is 22.2 Å². The molecule has 0 unspecified atom stereocenters. The van der Waals surface area contributed by atoms with Crippen LogP contribution in [0, 0.1) is 0 Å². The molecule has 0 aliphatic carbocycles. The van der Waals surface area contributed by atoms with Gasteiger partial charge in [-0.1, -0.05) is 84.4 Å². The highest BCUT2D eigenvalue weighted by Crippen LogP contribution is 2.32. The van der Waals surface area contributed by atoms with Crippen LogP contribution < -0.4 is 10.1 Å². The smallest absolute Gasteiger partial charge is 0.310 e. The number of para-hydroxylation sites is 1. The van der Waals surface area contributed by atoms with E-state index in [1.807, 2.05) is 72.8 Å². The number of hydrogen-bond acceptors (Lipinski definition) is 4. The van der Waals surface area contributed by atoms with Gasteiger partial charge in [0.15, 0.2) is 12.4 Å². The number of hydrogen-bond donors (Lipinski definition) is 1. The normalized spacial score (nSPS) is 10.4. The van der Waals surface area contributed by atoms with Crippen LogP contribution in [0.5, 0.6) is 11.5 Å². The van der Waals surface area contributed by atoms with E-state index in [4.69, 9.17) is 21.1 Å². The molecule has 4 rings (SSSR count). The summed E-state index contributed by atoms with van der Waals surface area (Å²) in [6.45, 7) is -0.418. The number of carbonyl (C=O) groups is 2. The number of ether oxygens (including phenoxy) is 2. The van der Waals surface area contributed by atoms with Crippen molar-refractivity contribution in [2.45, 2.75) is 6.42 Å². The van der Waals surface area contributed by atoms with Crippen LogP contribution in [-0.2, 0) is 20.7 Å². The molecule has 0 spiro atoms. The van der Waals surface area contributed by atoms with Crippen LogP contribution in [0.2, 0.25) is 5.02 Å². The number of anilines is 1. The standard InChI is InChI=1S/C28H22ClNO4/c29-23-15-16-26(34-24-9-5-2-6-10-24)25(18-23)30-27(31)19-33-28(32)17-20-11-13-22(14-12-20)21-7-3-1-4-8-21/h1-16,18H,17,19H2,(H,30,31). The van der Waals surface area contributed by atoms with Crippen molar-refractivity contribution < 1.29 is 19.1 Å². The maximum atomic E-state index is 12.4. The lowest BCUT2D eigenvalue weighted by Gasteiger charge is -2.13. The lowest BCUT2D eigenvalue weighted by Crippen LogP contribution is -2.21. The van der Waals surface area contributed by atoms with Gasteiger partial charge in [0.25, 0.3) is 5.91 Å². The number of amides is 1. The van der Waals surface area contributed by atoms with Crippen LogP contribution in [0.15, 0.2) is 103 Å². The summed E-state index contributed by atoms with van der Waals surface area (Å²) in [5.74, 6) is 0.0567. The lowest BCUT2D eigenvalue weighted by molar-refractivity contribution is -0.146. The summed E-state index contributed by atoms with van der Waals surface area (Å²) in [5, 5.41) is 3.13. The first-order valence-electron chi connectivity index (χ1n) is 10.7. The zero-order valence-electron chi connectivity index (χ0n) is 18.2. The van der Waals surface area contributed by atoms with Crippen molar-refractivity contribution in [1.82, 2.24) is 0 Å². The molecule has 1 N–H and O–H groups in total. The second kappa shape index (κ2) is 11.2. The summed E-state index contributed by atoms with van der Waals surface area (Å²) in [5.41, 5.74) is 3.35. The van der Waals surface area contributed by atoms with Crippen LogP contribution in [0.1, 0.15) is 5.56 Å². The molecule has 170 valence electrons. The molecule has 0 bridgehead atoms. The molecular formula is C28H22ClNO4. The molecule has 0 aliphatic rings. The third kappa shape index (κ3) is 6.47. The Labute approximate surface area is 202 Å². The minimum atomic E-state index is -0.493. The quantitative estimate of drug-likeness (QED) is 0.297. The molecule has 0 aromatic heterocycles. The Morgan fingerprint density at radius 1 is 0.765 bits per heavy atom. The Balaban J connectivity index is 1.31. The SMILES string of the molecule is O=C(COC(=O)Cc1ccc(-c2ccccc2)cc1)Nc1cc(Cl)ccc1Oc1ccccc1. The van der Waals surface area contributed by atoms with Gasteiger partial charge in [-0.15, -0.1) is 0 Å². The Morgan fingerprint density at radius 2 is 1.41 bits per heavy atom. The average Bonchev–Trinajstić information content (AvgIpc) is 2.86. The van der Waals surface area contributed by atoms with Gasteiger partial charge in [0.1, 0.15) is 5.75 Å². The zero-order chi connectivity index (χ0) is 23.8. The molecule has 0 aliphatic heterocycles. The van der Waals surface area contributed by atoms with Crippen LogP contribution >= 0.6 is 11.6 Å². The van der Waals surface area contributed by atoms with Gasteiger partial charge in [-0.3, -0.25) is 9.59 Å². The minimum Gasteiger partial charge on any atom is -0.455 e. The fraction of sp³-hybridized carbons (Fsp3) is 0.0714. The number of esters is 1. The number of carbonyl (C=O) groups excluding carboxylic acids is 2. The lowest BCUT2D eigenvalue weighted by atomic mass is 10.0. The van der Waals surface area contributed by atoms with Gasteiger partial charge in [-0.2, -0.15) is 0 Å². The molecule has 34 heavy (non-hydrogen) atoms. The summed E-state index contributed by atoms with van der Waals surface area (Å²) in [6, 6.07) is 31.7. The predicted molar refractivity (Wildman–Crippen MR) is 133 cm³/mol. The molecule has 0 radical (unpaired) electrons. The Kier molecular flexibility index (Phi) is 7.58. The number of nitrogens with one attached hydrogen (secondary N) is 1. The predicted octanol–water partition coefficient (Wildman–Crippen LogP) is 6.52. The molecule has 6 heteroatoms. The van der Waals surface area contributed by atoms with Crippen molar-refractivity contribution in [3.8, 4) is 22.6 Å². The first-order valence-corrected chi connectivity index (χ1v) is 11.1. The maximum Gasteiger partial charge on any atom is 0.310 e. The van der Waals surface area contributed by atoms with E-state index >= 15 is 0 Å². The fourth-order valence-corrected chi connectivity index (χ4v) is 3.47. The number of halogens is 1. The van der Waals surface area contributed by atoms with E-state index in [1.54, 1.807) is 30.3 Å². The molecule has 4 aromatic carbocycles. The molecule has 0 fully saturated rings. The molecule has 0 saturated heterocycles. The van der Waals surface area contributed by atoms with Gasteiger partial charge in [-0.25, -0.2) is 0 Å². The van der Waals surface area contributed by atoms with Crippen LogP contribution in [0.3, 0.4) is 0 Å². The zero-order valence-corrected chi connectivity index (χ0v) is 19.0. The van der Waals surface area contributed by atoms with E-state index in [2.05, 4.69) is 5.32 Å². The number of benzene rings is 4. The largest absolute Gasteiger partial charge is 0.455 e. The summed E-state index contributed by atoms with van der Waals surface area (Å²) in [7, 11) is 0. The van der Waals surface area contributed by atoms with Crippen molar-refractivity contribution in [3.05, 3.63) is 114 Å². The maximum absolute atomic E-state index is 12.4. The van der Waals surface area contributed by atoms with Gasteiger partial charge < -0.3 is 14.8 Å². The van der Waals surface area contributed by atoms with Crippen molar-refractivity contribution in [2.75, 3.05) is 11.9 Å². The van der Waals surface area contributed by atoms with Gasteiger partial charge >= 0.3 is 5.97 Å². The van der Waals surface area contributed by atoms with Crippen LogP contribution in [0.25, 0.3) is 11.1 Å². The van der Waals surface area contributed by atoms with E-state index < -0.39 is 18.5 Å². The molecule has 0 saturated carbocycles. The summed E-state index contributed by atoms with van der Waals surface area (Å²) < 4.78 is 11.0. The van der Waals surface area contributed by atoms with E-state index in [1.165, 1.54) is 0 Å². The molecule has 1 amide bonds. The van der Waals surface area contributed by atoms with E-state index in [9.17, 15) is 9.59 Å². The monoisotopic (exact) mass is 471 g/mol. The molecule has 0 atom stereocenters. The highest BCUT2D eigenvalue weighted by atomic mass is 35.5. The van der Waals surface area contributed by atoms with Crippen LogP contribution in [0.4, 0.5) is 5.69 Å². The summed E-state index contributed by atoms with van der Waals surface area (Å²) in [6.07, 6.45) is 0.0713. The summed E-state index contributed by atoms with van der Waals surface area (Å²) >= 11 is 6.08. The van der Waals surface area contributed by atoms with Crippen molar-refractivity contribution in [2.24, 2.45) is 0 Å². The Hall–Kier alpha value is -4.09. The highest BCUT2D eigenvalue weighted by molar-refractivity contribution is 6.31. The number of rotatable bonds is 8. The molecular weight excluding hydrogens is 450 g/mol. The molecule has 0 heterocycles.